The van der Waals surface area contributed by atoms with Crippen LogP contribution in [0.15, 0.2) is 12.2 Å². The number of carbonyl (C=O) groups excluding carboxylic acids is 2. The quantitative estimate of drug-likeness (QED) is 0.374. The second-order valence-electron chi connectivity index (χ2n) is 6.36. The lowest BCUT2D eigenvalue weighted by Gasteiger charge is -2.32. The average molecular weight is 347 g/mol. The number of allylic oxidation sites excluding steroid dienone is 1. The normalized spacial score (nSPS) is 17.4. The van der Waals surface area contributed by atoms with Crippen molar-refractivity contribution >= 4 is 17.7 Å². The van der Waals surface area contributed by atoms with Crippen LogP contribution in [0.1, 0.15) is 71.1 Å². The third-order valence-electron chi connectivity index (χ3n) is 4.21. The first-order valence-electron chi connectivity index (χ1n) is 9.22. The van der Waals surface area contributed by atoms with Gasteiger partial charge in [-0.2, -0.15) is 0 Å². The Morgan fingerprint density at radius 2 is 2.04 bits per heavy atom. The van der Waals surface area contributed by atoms with Crippen LogP contribution < -0.4 is 0 Å². The van der Waals surface area contributed by atoms with Crippen molar-refractivity contribution < 1.29 is 19.5 Å². The molecule has 1 fully saturated rings. The third-order valence-corrected chi connectivity index (χ3v) is 4.21. The first kappa shape index (κ1) is 21.0. The fourth-order valence-electron chi connectivity index (χ4n) is 2.76. The summed E-state index contributed by atoms with van der Waals surface area (Å²) in [6.45, 7) is 2.44. The number of hydrogen-bond donors (Lipinski definition) is 1. The number of rotatable bonds is 10. The minimum atomic E-state index is -0.818. The lowest BCUT2D eigenvalue weighted by Crippen LogP contribution is -2.42. The van der Waals surface area contributed by atoms with Gasteiger partial charge in [-0.15, -0.1) is 5.92 Å². The molecule has 1 heterocycles. The van der Waals surface area contributed by atoms with Gasteiger partial charge in [0.2, 0.25) is 5.91 Å². The molecule has 0 aromatic carbocycles. The van der Waals surface area contributed by atoms with E-state index in [9.17, 15) is 14.4 Å². The number of unbranched alkanes of at least 4 members (excludes halogenated alkanes) is 3. The number of ketones is 1. The maximum absolute atomic E-state index is 12.1. The number of aliphatic carboxylic acids is 1. The van der Waals surface area contributed by atoms with E-state index in [1.54, 1.807) is 11.0 Å². The summed E-state index contributed by atoms with van der Waals surface area (Å²) >= 11 is 0. The summed E-state index contributed by atoms with van der Waals surface area (Å²) < 4.78 is 0. The number of likely N-dealkylation sites (tertiary alicyclic amines) is 1. The van der Waals surface area contributed by atoms with Crippen LogP contribution >= 0.6 is 0 Å². The van der Waals surface area contributed by atoms with E-state index < -0.39 is 5.97 Å². The number of carboxylic acids is 1. The molecule has 0 bridgehead atoms. The van der Waals surface area contributed by atoms with Gasteiger partial charge in [-0.25, -0.2) is 0 Å². The maximum Gasteiger partial charge on any atom is 0.303 e. The zero-order valence-electron chi connectivity index (χ0n) is 15.1. The van der Waals surface area contributed by atoms with Crippen LogP contribution in [0.5, 0.6) is 0 Å². The molecule has 0 aromatic heterocycles. The van der Waals surface area contributed by atoms with Crippen molar-refractivity contribution in [3.05, 3.63) is 12.2 Å². The lowest BCUT2D eigenvalue weighted by molar-refractivity contribution is -0.137. The number of hydrogen-bond acceptors (Lipinski definition) is 3. The van der Waals surface area contributed by atoms with E-state index in [1.807, 2.05) is 6.08 Å². The van der Waals surface area contributed by atoms with Crippen molar-refractivity contribution in [3.63, 3.8) is 0 Å². The monoisotopic (exact) mass is 347 g/mol. The highest BCUT2D eigenvalue weighted by Gasteiger charge is 2.25. The van der Waals surface area contributed by atoms with E-state index in [-0.39, 0.29) is 24.2 Å². The van der Waals surface area contributed by atoms with Gasteiger partial charge in [0.15, 0.2) is 5.78 Å². The first-order valence-corrected chi connectivity index (χ1v) is 9.22. The Balaban J connectivity index is 2.50. The Bertz CT molecular complexity index is 542. The van der Waals surface area contributed by atoms with Gasteiger partial charge in [0, 0.05) is 25.7 Å². The maximum atomic E-state index is 12.1. The highest BCUT2D eigenvalue weighted by atomic mass is 16.4. The lowest BCUT2D eigenvalue weighted by atomic mass is 10.00. The number of carbonyl (C=O) groups is 3. The predicted octanol–water partition coefficient (Wildman–Crippen LogP) is 3.33. The predicted molar refractivity (Wildman–Crippen MR) is 96.9 cm³/mol. The largest absolute Gasteiger partial charge is 0.481 e. The molecular weight excluding hydrogens is 318 g/mol. The summed E-state index contributed by atoms with van der Waals surface area (Å²) in [5.41, 5.74) is 0. The van der Waals surface area contributed by atoms with Crippen LogP contribution in [0.2, 0.25) is 0 Å². The molecule has 1 rings (SSSR count). The highest BCUT2D eigenvalue weighted by molar-refractivity contribution is 5.89. The van der Waals surface area contributed by atoms with Gasteiger partial charge in [-0.05, 0) is 31.8 Å². The van der Waals surface area contributed by atoms with Crippen molar-refractivity contribution in [2.75, 3.05) is 6.54 Å². The van der Waals surface area contributed by atoms with Crippen molar-refractivity contribution in [2.45, 2.75) is 77.2 Å². The molecule has 1 N–H and O–H groups in total. The fraction of sp³-hybridized carbons (Fsp3) is 0.650. The SMILES string of the molecule is CCCCCC(=O)/C=C/C1CCCC(=O)N1CC#CCCCC(=O)O. The molecule has 0 saturated carbocycles. The summed E-state index contributed by atoms with van der Waals surface area (Å²) in [7, 11) is 0. The standard InChI is InChI=1S/C20H29NO4/c1-2-3-6-11-18(22)15-14-17-10-9-12-19(23)21(17)16-8-5-4-7-13-20(24)25/h14-15,17H,2-4,6-7,9-13,16H2,1H3,(H,24,25)/b15-14+. The number of piperidine rings is 1. The smallest absolute Gasteiger partial charge is 0.303 e. The molecule has 1 unspecified atom stereocenters. The Hall–Kier alpha value is -2.09. The van der Waals surface area contributed by atoms with E-state index >= 15 is 0 Å². The summed E-state index contributed by atoms with van der Waals surface area (Å²) in [6, 6.07) is -0.0651. The Morgan fingerprint density at radius 1 is 1.24 bits per heavy atom. The molecule has 5 nitrogen and oxygen atoms in total. The second kappa shape index (κ2) is 12.3. The van der Waals surface area contributed by atoms with E-state index in [0.29, 0.717) is 32.2 Å². The van der Waals surface area contributed by atoms with Crippen LogP contribution in [0, 0.1) is 11.8 Å². The molecule has 1 saturated heterocycles. The minimum Gasteiger partial charge on any atom is -0.481 e. The summed E-state index contributed by atoms with van der Waals surface area (Å²) in [4.78, 5) is 36.2. The van der Waals surface area contributed by atoms with Gasteiger partial charge in [-0.1, -0.05) is 31.8 Å². The molecule has 1 atom stereocenters. The van der Waals surface area contributed by atoms with Crippen molar-refractivity contribution in [2.24, 2.45) is 0 Å². The number of nitrogens with zero attached hydrogens (tertiary/aromatic N) is 1. The van der Waals surface area contributed by atoms with Crippen molar-refractivity contribution in [1.29, 1.82) is 0 Å². The van der Waals surface area contributed by atoms with E-state index in [4.69, 9.17) is 5.11 Å². The highest BCUT2D eigenvalue weighted by Crippen LogP contribution is 2.19. The van der Waals surface area contributed by atoms with E-state index in [1.165, 1.54) is 0 Å². The Kier molecular flexibility index (Phi) is 10.3. The first-order chi connectivity index (χ1) is 12.0. The van der Waals surface area contributed by atoms with Crippen molar-refractivity contribution in [3.8, 4) is 11.8 Å². The van der Waals surface area contributed by atoms with Gasteiger partial charge >= 0.3 is 5.97 Å². The van der Waals surface area contributed by atoms with Gasteiger partial charge in [0.05, 0.1) is 12.6 Å². The van der Waals surface area contributed by atoms with Crippen LogP contribution in [-0.2, 0) is 14.4 Å². The molecule has 0 spiro atoms. The van der Waals surface area contributed by atoms with Gasteiger partial charge < -0.3 is 10.0 Å². The molecular formula is C20H29NO4. The number of carboxylic acid groups (broad SMARTS) is 1. The molecule has 0 aromatic rings. The summed E-state index contributed by atoms with van der Waals surface area (Å²) in [6.07, 6.45) is 10.4. The van der Waals surface area contributed by atoms with Crippen LogP contribution in [0.3, 0.4) is 0 Å². The van der Waals surface area contributed by atoms with E-state index in [0.717, 1.165) is 32.1 Å². The molecule has 25 heavy (non-hydrogen) atoms. The molecule has 138 valence electrons. The van der Waals surface area contributed by atoms with Gasteiger partial charge in [0.1, 0.15) is 0 Å². The average Bonchev–Trinajstić information content (AvgIpc) is 2.57. The molecule has 1 aliphatic rings. The summed E-state index contributed by atoms with van der Waals surface area (Å²) in [5, 5.41) is 8.58. The van der Waals surface area contributed by atoms with Gasteiger partial charge in [0.25, 0.3) is 0 Å². The molecule has 0 radical (unpaired) electrons. The molecule has 0 aliphatic carbocycles. The van der Waals surface area contributed by atoms with Crippen LogP contribution in [0.25, 0.3) is 0 Å². The zero-order chi connectivity index (χ0) is 18.5. The Labute approximate surface area is 150 Å². The molecule has 1 amide bonds. The summed E-state index contributed by atoms with van der Waals surface area (Å²) in [5.74, 6) is 5.26. The molecule has 5 heteroatoms. The van der Waals surface area contributed by atoms with Gasteiger partial charge in [-0.3, -0.25) is 14.4 Å². The topological polar surface area (TPSA) is 74.7 Å². The van der Waals surface area contributed by atoms with E-state index in [2.05, 4.69) is 18.8 Å². The van der Waals surface area contributed by atoms with Crippen molar-refractivity contribution in [1.82, 2.24) is 4.90 Å². The zero-order valence-corrected chi connectivity index (χ0v) is 15.1. The fourth-order valence-corrected chi connectivity index (χ4v) is 2.76. The number of amides is 1. The minimum absolute atomic E-state index is 0.0651. The Morgan fingerprint density at radius 3 is 2.76 bits per heavy atom. The van der Waals surface area contributed by atoms with Crippen LogP contribution in [-0.4, -0.2) is 40.3 Å². The molecule has 1 aliphatic heterocycles. The third kappa shape index (κ3) is 9.09. The van der Waals surface area contributed by atoms with Crippen LogP contribution in [0.4, 0.5) is 0 Å². The second-order valence-corrected chi connectivity index (χ2v) is 6.36.